The summed E-state index contributed by atoms with van der Waals surface area (Å²) >= 11 is 16.5. The van der Waals surface area contributed by atoms with Crippen LogP contribution in [0.25, 0.3) is 0 Å². The highest BCUT2D eigenvalue weighted by Gasteiger charge is 2.09. The van der Waals surface area contributed by atoms with Gasteiger partial charge in [-0.25, -0.2) is 0 Å². The van der Waals surface area contributed by atoms with Crippen molar-refractivity contribution in [1.29, 1.82) is 0 Å². The fraction of sp³-hybridized carbons (Fsp3) is 0.643. The van der Waals surface area contributed by atoms with Crippen LogP contribution in [0.2, 0.25) is 0 Å². The molecule has 0 aromatic carbocycles. The summed E-state index contributed by atoms with van der Waals surface area (Å²) in [7, 11) is 0. The molecule has 0 N–H and O–H groups in total. The molecular formula is C14H21Cl3O2. The summed E-state index contributed by atoms with van der Waals surface area (Å²) in [4.78, 5) is 11.4. The van der Waals surface area contributed by atoms with Gasteiger partial charge in [-0.15, -0.1) is 0 Å². The molecule has 0 aromatic heterocycles. The van der Waals surface area contributed by atoms with Gasteiger partial charge in [-0.1, -0.05) is 53.4 Å². The van der Waals surface area contributed by atoms with Gasteiger partial charge in [0.15, 0.2) is 0 Å². The van der Waals surface area contributed by atoms with Crippen molar-refractivity contribution in [2.75, 3.05) is 6.61 Å². The highest BCUT2D eigenvalue weighted by molar-refractivity contribution is 6.59. The summed E-state index contributed by atoms with van der Waals surface area (Å²) in [5, 5.41) is 0.116. The minimum atomic E-state index is -0.403. The largest absolute Gasteiger partial charge is 0.465 e. The first-order chi connectivity index (χ1) is 8.82. The number of hydrogen-bond donors (Lipinski definition) is 0. The van der Waals surface area contributed by atoms with E-state index in [1.54, 1.807) is 0 Å². The van der Waals surface area contributed by atoms with Gasteiger partial charge in [-0.05, 0) is 39.0 Å². The van der Waals surface area contributed by atoms with Crippen molar-refractivity contribution in [3.63, 3.8) is 0 Å². The number of allylic oxidation sites excluding steroid dienone is 2. The van der Waals surface area contributed by atoms with E-state index in [1.165, 1.54) is 5.57 Å². The average Bonchev–Trinajstić information content (AvgIpc) is 2.28. The molecule has 0 fully saturated rings. The third-order valence-electron chi connectivity index (χ3n) is 2.59. The molecule has 5 heteroatoms. The monoisotopic (exact) mass is 326 g/mol. The Morgan fingerprint density at radius 1 is 1.21 bits per heavy atom. The molecule has 0 amide bonds. The van der Waals surface area contributed by atoms with Crippen molar-refractivity contribution in [3.05, 3.63) is 21.2 Å². The van der Waals surface area contributed by atoms with Gasteiger partial charge in [-0.2, -0.15) is 0 Å². The van der Waals surface area contributed by atoms with Gasteiger partial charge in [0.2, 0.25) is 0 Å². The Hall–Kier alpha value is -0.180. The lowest BCUT2D eigenvalue weighted by molar-refractivity contribution is -0.143. The molecule has 1 atom stereocenters. The van der Waals surface area contributed by atoms with Gasteiger partial charge in [0.05, 0.1) is 18.1 Å². The highest BCUT2D eigenvalue weighted by Crippen LogP contribution is 2.21. The maximum atomic E-state index is 11.4. The Morgan fingerprint density at radius 3 is 2.37 bits per heavy atom. The molecule has 0 aliphatic heterocycles. The Bertz CT molecular complexity index is 341. The average molecular weight is 328 g/mol. The Labute approximate surface area is 130 Å². The number of esters is 1. The first kappa shape index (κ1) is 18.8. The molecule has 0 rings (SSSR count). The number of halogens is 3. The number of hydrogen-bond acceptors (Lipinski definition) is 2. The molecule has 19 heavy (non-hydrogen) atoms. The molecule has 0 saturated carbocycles. The fourth-order valence-corrected chi connectivity index (χ4v) is 1.66. The topological polar surface area (TPSA) is 26.3 Å². The van der Waals surface area contributed by atoms with Gasteiger partial charge >= 0.3 is 5.97 Å². The summed E-state index contributed by atoms with van der Waals surface area (Å²) in [5.74, 6) is 0.117. The molecule has 2 nitrogen and oxygen atoms in total. The van der Waals surface area contributed by atoms with Crippen LogP contribution in [0.3, 0.4) is 0 Å². The third-order valence-corrected chi connectivity index (χ3v) is 3.56. The highest BCUT2D eigenvalue weighted by atomic mass is 35.5. The van der Waals surface area contributed by atoms with Crippen molar-refractivity contribution in [2.45, 2.75) is 46.5 Å². The Kier molecular flexibility index (Phi) is 10.5. The zero-order valence-corrected chi connectivity index (χ0v) is 13.9. The molecule has 110 valence electrons. The molecule has 0 heterocycles. The summed E-state index contributed by atoms with van der Waals surface area (Å²) in [6.45, 7) is 6.73. The zero-order valence-electron chi connectivity index (χ0n) is 11.6. The van der Waals surface area contributed by atoms with E-state index in [-0.39, 0.29) is 15.9 Å². The van der Waals surface area contributed by atoms with Crippen molar-refractivity contribution in [2.24, 2.45) is 5.92 Å². The van der Waals surface area contributed by atoms with Gasteiger partial charge in [0, 0.05) is 0 Å². The van der Waals surface area contributed by atoms with E-state index >= 15 is 0 Å². The lowest BCUT2D eigenvalue weighted by Gasteiger charge is -2.10. The number of carbonyl (C=O) groups excluding carboxylic acids is 1. The second-order valence-corrected chi connectivity index (χ2v) is 6.22. The van der Waals surface area contributed by atoms with E-state index in [1.807, 2.05) is 0 Å². The first-order valence-corrected chi connectivity index (χ1v) is 7.45. The lowest BCUT2D eigenvalue weighted by Crippen LogP contribution is -2.08. The Morgan fingerprint density at radius 2 is 1.84 bits per heavy atom. The maximum Gasteiger partial charge on any atom is 0.311 e. The molecule has 0 saturated heterocycles. The second-order valence-electron chi connectivity index (χ2n) is 4.82. The summed E-state index contributed by atoms with van der Waals surface area (Å²) in [6.07, 6.45) is 5.15. The summed E-state index contributed by atoms with van der Waals surface area (Å²) < 4.78 is 4.98. The SMILES string of the molecule is CC(C)=CCCC(C)CCOC(=O)CC(Cl)=C(Cl)Cl. The van der Waals surface area contributed by atoms with Crippen LogP contribution in [0.5, 0.6) is 0 Å². The van der Waals surface area contributed by atoms with Crippen molar-refractivity contribution < 1.29 is 9.53 Å². The van der Waals surface area contributed by atoms with Crippen molar-refractivity contribution >= 4 is 40.8 Å². The first-order valence-electron chi connectivity index (χ1n) is 6.31. The lowest BCUT2D eigenvalue weighted by atomic mass is 10.0. The van der Waals surface area contributed by atoms with E-state index in [2.05, 4.69) is 26.8 Å². The van der Waals surface area contributed by atoms with Crippen molar-refractivity contribution in [3.8, 4) is 0 Å². The van der Waals surface area contributed by atoms with E-state index in [0.717, 1.165) is 19.3 Å². The van der Waals surface area contributed by atoms with Crippen molar-refractivity contribution in [1.82, 2.24) is 0 Å². The van der Waals surface area contributed by atoms with Gasteiger partial charge < -0.3 is 4.74 Å². The third kappa shape index (κ3) is 11.4. The molecule has 0 spiro atoms. The molecule has 0 aromatic rings. The normalized spacial score (nSPS) is 11.7. The predicted molar refractivity (Wildman–Crippen MR) is 82.6 cm³/mol. The van der Waals surface area contributed by atoms with E-state index < -0.39 is 5.97 Å². The number of carbonyl (C=O) groups is 1. The number of ether oxygens (including phenoxy) is 1. The summed E-state index contributed by atoms with van der Waals surface area (Å²) in [6, 6.07) is 0. The zero-order chi connectivity index (χ0) is 14.8. The standard InChI is InChI=1S/C14H21Cl3O2/c1-10(2)5-4-6-11(3)7-8-19-13(18)9-12(15)14(16)17/h5,11H,4,6-9H2,1-3H3. The molecular weight excluding hydrogens is 307 g/mol. The van der Waals surface area contributed by atoms with Crippen LogP contribution in [0.4, 0.5) is 0 Å². The minimum Gasteiger partial charge on any atom is -0.465 e. The number of rotatable bonds is 8. The molecule has 1 unspecified atom stereocenters. The second kappa shape index (κ2) is 10.6. The maximum absolute atomic E-state index is 11.4. The van der Waals surface area contributed by atoms with E-state index in [4.69, 9.17) is 39.5 Å². The molecule has 0 aliphatic rings. The predicted octanol–water partition coefficient (Wildman–Crippen LogP) is 5.58. The van der Waals surface area contributed by atoms with Gasteiger partial charge in [0.25, 0.3) is 0 Å². The van der Waals surface area contributed by atoms with Gasteiger partial charge in [0.1, 0.15) is 4.49 Å². The van der Waals surface area contributed by atoms with E-state index in [9.17, 15) is 4.79 Å². The van der Waals surface area contributed by atoms with E-state index in [0.29, 0.717) is 12.5 Å². The Balaban J connectivity index is 3.76. The quantitative estimate of drug-likeness (QED) is 0.430. The van der Waals surface area contributed by atoms with Crippen LogP contribution in [0.1, 0.15) is 46.5 Å². The van der Waals surface area contributed by atoms with Crippen LogP contribution in [0.15, 0.2) is 21.2 Å². The van der Waals surface area contributed by atoms with Crippen LogP contribution in [-0.4, -0.2) is 12.6 Å². The molecule has 0 aliphatic carbocycles. The minimum absolute atomic E-state index is 0.0734. The van der Waals surface area contributed by atoms with Gasteiger partial charge in [-0.3, -0.25) is 4.79 Å². The molecule has 0 bridgehead atoms. The van der Waals surface area contributed by atoms with Crippen LogP contribution in [-0.2, 0) is 9.53 Å². The fourth-order valence-electron chi connectivity index (χ4n) is 1.42. The molecule has 0 radical (unpaired) electrons. The summed E-state index contributed by atoms with van der Waals surface area (Å²) in [5.41, 5.74) is 1.33. The van der Waals surface area contributed by atoms with Crippen LogP contribution >= 0.6 is 34.8 Å². The van der Waals surface area contributed by atoms with Crippen LogP contribution < -0.4 is 0 Å². The van der Waals surface area contributed by atoms with Crippen LogP contribution in [0, 0.1) is 5.92 Å². The smallest absolute Gasteiger partial charge is 0.311 e.